The van der Waals surface area contributed by atoms with Gasteiger partial charge in [-0.25, -0.2) is 4.21 Å². The Morgan fingerprint density at radius 3 is 2.39 bits per heavy atom. The third-order valence-electron chi connectivity index (χ3n) is 2.34. The highest BCUT2D eigenvalue weighted by Gasteiger charge is 2.20. The Morgan fingerprint density at radius 1 is 1.39 bits per heavy atom. The van der Waals surface area contributed by atoms with E-state index in [-0.39, 0.29) is 0 Å². The van der Waals surface area contributed by atoms with Gasteiger partial charge >= 0.3 is 5.97 Å². The molecule has 0 heterocycles. The summed E-state index contributed by atoms with van der Waals surface area (Å²) in [4.78, 5) is 11.1. The van der Waals surface area contributed by atoms with E-state index in [0.717, 1.165) is 5.06 Å². The molecule has 0 amide bonds. The van der Waals surface area contributed by atoms with Crippen molar-refractivity contribution in [3.8, 4) is 5.75 Å². The van der Waals surface area contributed by atoms with Crippen LogP contribution in [0.25, 0.3) is 0 Å². The van der Waals surface area contributed by atoms with Crippen molar-refractivity contribution in [3.05, 3.63) is 24.3 Å². The predicted octanol–water partition coefficient (Wildman–Crippen LogP) is 1.05. The summed E-state index contributed by atoms with van der Waals surface area (Å²) in [5.74, 6) is -0.410. The summed E-state index contributed by atoms with van der Waals surface area (Å²) in [5, 5.41) is 9.81. The molecule has 2 unspecified atom stereocenters. The van der Waals surface area contributed by atoms with Crippen LogP contribution in [0.4, 0.5) is 0 Å². The molecule has 1 aromatic rings. The van der Waals surface area contributed by atoms with Gasteiger partial charge in [0.25, 0.3) is 0 Å². The van der Waals surface area contributed by atoms with Crippen LogP contribution in [0, 0.1) is 0 Å². The minimum absolute atomic E-state index is 0.431. The highest BCUT2D eigenvalue weighted by Crippen LogP contribution is 2.15. The van der Waals surface area contributed by atoms with Gasteiger partial charge in [0.05, 0.1) is 12.0 Å². The highest BCUT2D eigenvalue weighted by molar-refractivity contribution is 7.80. The third-order valence-corrected chi connectivity index (χ3v) is 3.37. The molecule has 0 radical (unpaired) electrons. The van der Waals surface area contributed by atoms with Gasteiger partial charge in [-0.15, -0.1) is 0 Å². The Kier molecular flexibility index (Phi) is 5.26. The van der Waals surface area contributed by atoms with Crippen molar-refractivity contribution in [1.82, 2.24) is 5.06 Å². The summed E-state index contributed by atoms with van der Waals surface area (Å²) in [6.07, 6.45) is 0. The standard InChI is InChI=1S/C11H15NO5S/c1-8(11(13)14)12(2)17-18(15)10-6-4-9(16-3)5-7-10/h4-8H,1-3H3,(H,13,14). The molecule has 1 rings (SSSR count). The van der Waals surface area contributed by atoms with E-state index in [9.17, 15) is 9.00 Å². The number of rotatable bonds is 6. The quantitative estimate of drug-likeness (QED) is 0.781. The van der Waals surface area contributed by atoms with E-state index in [0.29, 0.717) is 10.6 Å². The first-order valence-electron chi connectivity index (χ1n) is 5.15. The van der Waals surface area contributed by atoms with Crippen molar-refractivity contribution < 1.29 is 23.1 Å². The van der Waals surface area contributed by atoms with Crippen LogP contribution in [0.1, 0.15) is 6.92 Å². The van der Waals surface area contributed by atoms with E-state index in [1.165, 1.54) is 21.1 Å². The molecule has 1 aromatic carbocycles. The molecule has 6 nitrogen and oxygen atoms in total. The fourth-order valence-corrected chi connectivity index (χ4v) is 1.84. The normalized spacial score (nSPS) is 14.2. The third kappa shape index (κ3) is 3.80. The zero-order valence-electron chi connectivity index (χ0n) is 10.3. The first kappa shape index (κ1) is 14.6. The molecule has 0 aliphatic carbocycles. The number of likely N-dealkylation sites (N-methyl/N-ethyl adjacent to an activating group) is 1. The summed E-state index contributed by atoms with van der Waals surface area (Å²) in [6.45, 7) is 1.44. The number of methoxy groups -OCH3 is 1. The van der Waals surface area contributed by atoms with Gasteiger partial charge in [0.1, 0.15) is 11.8 Å². The van der Waals surface area contributed by atoms with Gasteiger partial charge in [0.2, 0.25) is 11.1 Å². The Balaban J connectivity index is 2.67. The second-order valence-electron chi connectivity index (χ2n) is 3.55. The lowest BCUT2D eigenvalue weighted by atomic mass is 10.3. The number of aliphatic carboxylic acids is 1. The molecule has 0 saturated heterocycles. The molecule has 0 fully saturated rings. The maximum Gasteiger partial charge on any atom is 0.323 e. The van der Waals surface area contributed by atoms with Gasteiger partial charge in [0, 0.05) is 7.05 Å². The fourth-order valence-electron chi connectivity index (χ4n) is 1.06. The van der Waals surface area contributed by atoms with Crippen molar-refractivity contribution in [2.24, 2.45) is 0 Å². The van der Waals surface area contributed by atoms with Crippen LogP contribution < -0.4 is 4.74 Å². The maximum atomic E-state index is 11.8. The number of benzene rings is 1. The van der Waals surface area contributed by atoms with Crippen LogP contribution in [0.3, 0.4) is 0 Å². The Hall–Kier alpha value is -1.44. The SMILES string of the molecule is COc1ccc(S(=O)ON(C)C(C)C(=O)O)cc1. The van der Waals surface area contributed by atoms with Crippen LogP contribution >= 0.6 is 0 Å². The van der Waals surface area contributed by atoms with Gasteiger partial charge in [-0.2, -0.15) is 9.35 Å². The highest BCUT2D eigenvalue weighted by atomic mass is 32.2. The van der Waals surface area contributed by atoms with Crippen molar-refractivity contribution in [2.75, 3.05) is 14.2 Å². The second-order valence-corrected chi connectivity index (χ2v) is 4.64. The van der Waals surface area contributed by atoms with E-state index in [1.807, 2.05) is 0 Å². The van der Waals surface area contributed by atoms with Crippen LogP contribution in [0.2, 0.25) is 0 Å². The van der Waals surface area contributed by atoms with Crippen LogP contribution in [-0.2, 0) is 20.2 Å². The topological polar surface area (TPSA) is 76.1 Å². The van der Waals surface area contributed by atoms with E-state index >= 15 is 0 Å². The first-order chi connectivity index (χ1) is 8.45. The Morgan fingerprint density at radius 2 is 1.94 bits per heavy atom. The van der Waals surface area contributed by atoms with Gasteiger partial charge < -0.3 is 9.84 Å². The Labute approximate surface area is 108 Å². The minimum Gasteiger partial charge on any atom is -0.497 e. The number of carboxylic acid groups (broad SMARTS) is 1. The van der Waals surface area contributed by atoms with Crippen molar-refractivity contribution >= 4 is 17.0 Å². The van der Waals surface area contributed by atoms with Gasteiger partial charge in [0.15, 0.2) is 0 Å². The lowest BCUT2D eigenvalue weighted by Crippen LogP contribution is -2.36. The van der Waals surface area contributed by atoms with Crippen molar-refractivity contribution in [1.29, 1.82) is 0 Å². The molecular weight excluding hydrogens is 258 g/mol. The van der Waals surface area contributed by atoms with Crippen molar-refractivity contribution in [3.63, 3.8) is 0 Å². The number of carboxylic acids is 1. The van der Waals surface area contributed by atoms with Crippen LogP contribution in [0.5, 0.6) is 5.75 Å². The fraction of sp³-hybridized carbons (Fsp3) is 0.364. The number of hydrogen-bond donors (Lipinski definition) is 1. The first-order valence-corrected chi connectivity index (χ1v) is 6.23. The summed E-state index contributed by atoms with van der Waals surface area (Å²) >= 11 is -1.75. The van der Waals surface area contributed by atoms with Gasteiger partial charge in [-0.3, -0.25) is 4.79 Å². The monoisotopic (exact) mass is 273 g/mol. The number of nitrogens with zero attached hydrogens (tertiary/aromatic N) is 1. The molecule has 1 N–H and O–H groups in total. The molecule has 100 valence electrons. The number of hydrogen-bond acceptors (Lipinski definition) is 5. The van der Waals surface area contributed by atoms with E-state index in [4.69, 9.17) is 14.1 Å². The summed E-state index contributed by atoms with van der Waals surface area (Å²) in [6, 6.07) is 5.60. The molecule has 18 heavy (non-hydrogen) atoms. The zero-order chi connectivity index (χ0) is 13.7. The largest absolute Gasteiger partial charge is 0.497 e. The van der Waals surface area contributed by atoms with Crippen LogP contribution in [0.15, 0.2) is 29.2 Å². The summed E-state index contributed by atoms with van der Waals surface area (Å²) in [7, 11) is 2.95. The van der Waals surface area contributed by atoms with Gasteiger partial charge in [-0.1, -0.05) is 0 Å². The van der Waals surface area contributed by atoms with Gasteiger partial charge in [-0.05, 0) is 31.2 Å². The molecule has 0 aliphatic heterocycles. The zero-order valence-corrected chi connectivity index (χ0v) is 11.1. The van der Waals surface area contributed by atoms with Crippen LogP contribution in [-0.4, -0.2) is 40.5 Å². The average Bonchev–Trinajstić information content (AvgIpc) is 2.37. The molecule has 7 heteroatoms. The number of ether oxygens (including phenoxy) is 1. The molecule has 0 bridgehead atoms. The molecule has 2 atom stereocenters. The second kappa shape index (κ2) is 6.48. The van der Waals surface area contributed by atoms with Crippen molar-refractivity contribution in [2.45, 2.75) is 17.9 Å². The smallest absolute Gasteiger partial charge is 0.323 e. The number of carbonyl (C=O) groups is 1. The lowest BCUT2D eigenvalue weighted by Gasteiger charge is -2.18. The summed E-state index contributed by atoms with van der Waals surface area (Å²) < 4.78 is 21.8. The number of hydroxylamine groups is 2. The average molecular weight is 273 g/mol. The molecule has 0 aliphatic rings. The van der Waals surface area contributed by atoms with E-state index in [1.54, 1.807) is 24.3 Å². The molecule has 0 saturated carbocycles. The van der Waals surface area contributed by atoms with E-state index in [2.05, 4.69) is 0 Å². The molecule has 0 aromatic heterocycles. The minimum atomic E-state index is -1.75. The lowest BCUT2D eigenvalue weighted by molar-refractivity contribution is -0.153. The molecular formula is C11H15NO5S. The predicted molar refractivity (Wildman–Crippen MR) is 65.3 cm³/mol. The Bertz CT molecular complexity index is 434. The van der Waals surface area contributed by atoms with E-state index < -0.39 is 23.1 Å². The summed E-state index contributed by atoms with van der Waals surface area (Å²) in [5.41, 5.74) is 0. The molecule has 0 spiro atoms. The maximum absolute atomic E-state index is 11.8.